The average Bonchev–Trinajstić information content (AvgIpc) is 2.90. The summed E-state index contributed by atoms with van der Waals surface area (Å²) in [5, 5.41) is 12.2. The van der Waals surface area contributed by atoms with Crippen LogP contribution in [0, 0.1) is 5.92 Å². The van der Waals surface area contributed by atoms with Crippen molar-refractivity contribution in [2.45, 2.75) is 44.9 Å². The van der Waals surface area contributed by atoms with Gasteiger partial charge in [-0.3, -0.25) is 0 Å². The maximum absolute atomic E-state index is 11.7. The first-order chi connectivity index (χ1) is 12.8. The summed E-state index contributed by atoms with van der Waals surface area (Å²) >= 11 is 0. The van der Waals surface area contributed by atoms with Crippen molar-refractivity contribution in [2.75, 3.05) is 6.61 Å². The molecule has 0 aliphatic carbocycles. The summed E-state index contributed by atoms with van der Waals surface area (Å²) in [7, 11) is -2.66. The minimum Gasteiger partial charge on any atom is -0.458 e. The second-order valence-electron chi connectivity index (χ2n) is 8.25. The maximum Gasteiger partial charge on any atom is 0.335 e. The van der Waals surface area contributed by atoms with E-state index >= 15 is 0 Å². The van der Waals surface area contributed by atoms with Crippen LogP contribution in [0.2, 0.25) is 5.04 Å². The molecular weight excluding hydrogens is 356 g/mol. The van der Waals surface area contributed by atoms with E-state index in [1.165, 1.54) is 10.4 Å². The monoisotopic (exact) mass is 384 g/mol. The number of cyclic esters (lactones) is 1. The summed E-state index contributed by atoms with van der Waals surface area (Å²) in [5.41, 5.74) is 0. The first-order valence-electron chi connectivity index (χ1n) is 9.41. The van der Waals surface area contributed by atoms with Crippen LogP contribution in [-0.4, -0.2) is 38.2 Å². The third-order valence-corrected chi connectivity index (χ3v) is 10.5. The molecule has 0 radical (unpaired) electrons. The van der Waals surface area contributed by atoms with E-state index in [0.717, 1.165) is 0 Å². The highest BCUT2D eigenvalue weighted by Crippen LogP contribution is 2.37. The Kier molecular flexibility index (Phi) is 5.56. The van der Waals surface area contributed by atoms with E-state index in [0.29, 0.717) is 0 Å². The van der Waals surface area contributed by atoms with E-state index in [1.807, 2.05) is 43.3 Å². The largest absolute Gasteiger partial charge is 0.458 e. The van der Waals surface area contributed by atoms with Crippen LogP contribution < -0.4 is 10.4 Å². The molecule has 0 saturated carbocycles. The average molecular weight is 385 g/mol. The minimum atomic E-state index is -2.66. The summed E-state index contributed by atoms with van der Waals surface area (Å²) in [6.07, 6.45) is -1.51. The number of aliphatic hydroxyl groups is 1. The van der Waals surface area contributed by atoms with Gasteiger partial charge in [-0.15, -0.1) is 0 Å². The van der Waals surface area contributed by atoms with Crippen LogP contribution in [0.15, 0.2) is 60.7 Å². The summed E-state index contributed by atoms with van der Waals surface area (Å²) in [5.74, 6) is -0.839. The third kappa shape index (κ3) is 3.59. The number of rotatable bonds is 5. The molecule has 2 aromatic carbocycles. The fraction of sp³-hybridized carbons (Fsp3) is 0.409. The van der Waals surface area contributed by atoms with Crippen LogP contribution in [0.1, 0.15) is 27.7 Å². The van der Waals surface area contributed by atoms with E-state index in [4.69, 9.17) is 9.16 Å². The van der Waals surface area contributed by atoms with Gasteiger partial charge in [0.25, 0.3) is 8.32 Å². The number of carbonyl (C=O) groups excluding carboxylic acids is 1. The molecular formula is C22H28O4Si. The van der Waals surface area contributed by atoms with Crippen molar-refractivity contribution in [3.8, 4) is 0 Å². The molecule has 0 amide bonds. The first-order valence-corrected chi connectivity index (χ1v) is 11.3. The van der Waals surface area contributed by atoms with Gasteiger partial charge in [0.2, 0.25) is 0 Å². The second-order valence-corrected chi connectivity index (χ2v) is 12.6. The molecule has 27 heavy (non-hydrogen) atoms. The Morgan fingerprint density at radius 2 is 1.48 bits per heavy atom. The van der Waals surface area contributed by atoms with E-state index in [-0.39, 0.29) is 17.6 Å². The summed E-state index contributed by atoms with van der Waals surface area (Å²) < 4.78 is 12.1. The van der Waals surface area contributed by atoms with Crippen LogP contribution in [0.3, 0.4) is 0 Å². The Hall–Kier alpha value is -1.95. The lowest BCUT2D eigenvalue weighted by atomic mass is 10.0. The van der Waals surface area contributed by atoms with Crippen LogP contribution in [-0.2, 0) is 14.0 Å². The molecule has 1 saturated heterocycles. The highest BCUT2D eigenvalue weighted by Gasteiger charge is 2.51. The number of aliphatic hydroxyl groups excluding tert-OH is 1. The smallest absolute Gasteiger partial charge is 0.335 e. The second kappa shape index (κ2) is 7.58. The van der Waals surface area contributed by atoms with Crippen LogP contribution in [0.25, 0.3) is 0 Å². The molecule has 0 unspecified atom stereocenters. The van der Waals surface area contributed by atoms with E-state index in [9.17, 15) is 9.90 Å². The zero-order valence-corrected chi connectivity index (χ0v) is 17.4. The van der Waals surface area contributed by atoms with Crippen LogP contribution in [0.4, 0.5) is 0 Å². The molecule has 1 aliphatic heterocycles. The number of benzene rings is 2. The Labute approximate surface area is 162 Å². The number of esters is 1. The van der Waals surface area contributed by atoms with Gasteiger partial charge in [-0.25, -0.2) is 4.79 Å². The number of hydrogen-bond acceptors (Lipinski definition) is 4. The topological polar surface area (TPSA) is 55.8 Å². The number of carbonyl (C=O) groups is 1. The molecule has 3 atom stereocenters. The van der Waals surface area contributed by atoms with Gasteiger partial charge in [-0.2, -0.15) is 0 Å². The summed E-state index contributed by atoms with van der Waals surface area (Å²) in [6, 6.07) is 20.7. The first kappa shape index (κ1) is 19.8. The standard InChI is InChI=1S/C22H28O4Si/c1-16-19(26-21(24)20(16)23)15-25-27(22(2,3)4,17-11-7-5-8-12-17)18-13-9-6-10-14-18/h5-14,16,19-20,23H,15H2,1-4H3/t16-,19+,20+/m0/s1. The van der Waals surface area contributed by atoms with Crippen molar-refractivity contribution in [3.63, 3.8) is 0 Å². The summed E-state index contributed by atoms with van der Waals surface area (Å²) in [4.78, 5) is 11.7. The summed E-state index contributed by atoms with van der Waals surface area (Å²) in [6.45, 7) is 8.72. The van der Waals surface area contributed by atoms with Crippen LogP contribution >= 0.6 is 0 Å². The maximum atomic E-state index is 11.7. The van der Waals surface area contributed by atoms with Gasteiger partial charge in [0, 0.05) is 5.92 Å². The molecule has 5 heteroatoms. The Bertz CT molecular complexity index is 730. The zero-order chi connectivity index (χ0) is 19.7. The predicted octanol–water partition coefficient (Wildman–Crippen LogP) is 2.49. The van der Waals surface area contributed by atoms with Gasteiger partial charge in [0.05, 0.1) is 6.61 Å². The third-order valence-electron chi connectivity index (χ3n) is 5.47. The van der Waals surface area contributed by atoms with Gasteiger partial charge in [0.15, 0.2) is 6.10 Å². The highest BCUT2D eigenvalue weighted by molar-refractivity contribution is 6.99. The molecule has 2 aromatic rings. The molecule has 1 aliphatic rings. The Morgan fingerprint density at radius 1 is 1.00 bits per heavy atom. The lowest BCUT2D eigenvalue weighted by Crippen LogP contribution is -2.67. The van der Waals surface area contributed by atoms with Gasteiger partial charge < -0.3 is 14.3 Å². The molecule has 1 fully saturated rings. The molecule has 1 N–H and O–H groups in total. The van der Waals surface area contributed by atoms with Gasteiger partial charge >= 0.3 is 5.97 Å². The van der Waals surface area contributed by atoms with Gasteiger partial charge in [0.1, 0.15) is 6.10 Å². The van der Waals surface area contributed by atoms with E-state index < -0.39 is 26.5 Å². The highest BCUT2D eigenvalue weighted by atomic mass is 28.4. The van der Waals surface area contributed by atoms with Gasteiger partial charge in [-0.1, -0.05) is 88.4 Å². The molecule has 0 aromatic heterocycles. The Balaban J connectivity index is 2.03. The normalized spacial score (nSPS) is 23.3. The molecule has 4 nitrogen and oxygen atoms in total. The number of hydrogen-bond donors (Lipinski definition) is 1. The molecule has 1 heterocycles. The quantitative estimate of drug-likeness (QED) is 0.636. The fourth-order valence-corrected chi connectivity index (χ4v) is 8.47. The lowest BCUT2D eigenvalue weighted by Gasteiger charge is -2.43. The molecule has 0 bridgehead atoms. The molecule has 0 spiro atoms. The van der Waals surface area contributed by atoms with Crippen molar-refractivity contribution >= 4 is 24.7 Å². The Morgan fingerprint density at radius 3 is 1.85 bits per heavy atom. The fourth-order valence-electron chi connectivity index (χ4n) is 3.90. The molecule has 3 rings (SSSR count). The number of ether oxygens (including phenoxy) is 1. The van der Waals surface area contributed by atoms with Crippen molar-refractivity contribution < 1.29 is 19.1 Å². The van der Waals surface area contributed by atoms with Crippen molar-refractivity contribution in [1.29, 1.82) is 0 Å². The molecule has 144 valence electrons. The van der Waals surface area contributed by atoms with Crippen LogP contribution in [0.5, 0.6) is 0 Å². The van der Waals surface area contributed by atoms with Crippen molar-refractivity contribution in [1.82, 2.24) is 0 Å². The minimum absolute atomic E-state index is 0.139. The zero-order valence-electron chi connectivity index (χ0n) is 16.4. The predicted molar refractivity (Wildman–Crippen MR) is 109 cm³/mol. The van der Waals surface area contributed by atoms with Gasteiger partial charge in [-0.05, 0) is 15.4 Å². The van der Waals surface area contributed by atoms with E-state index in [1.54, 1.807) is 0 Å². The lowest BCUT2D eigenvalue weighted by molar-refractivity contribution is -0.148. The van der Waals surface area contributed by atoms with Crippen molar-refractivity contribution in [2.24, 2.45) is 5.92 Å². The SMILES string of the molecule is C[C@H]1[C@@H](CO[Si](c2ccccc2)(c2ccccc2)C(C)(C)C)OC(=O)[C@@H]1O. The van der Waals surface area contributed by atoms with E-state index in [2.05, 4.69) is 45.0 Å². The van der Waals surface area contributed by atoms with Crippen molar-refractivity contribution in [3.05, 3.63) is 60.7 Å².